The summed E-state index contributed by atoms with van der Waals surface area (Å²) in [5.74, 6) is 4.70. The summed E-state index contributed by atoms with van der Waals surface area (Å²) in [5.41, 5.74) is 9.69. The van der Waals surface area contributed by atoms with E-state index in [4.69, 9.17) is 0 Å². The van der Waals surface area contributed by atoms with E-state index in [1.54, 1.807) is 0 Å². The van der Waals surface area contributed by atoms with Crippen LogP contribution in [0.15, 0.2) is 218 Å². The van der Waals surface area contributed by atoms with Gasteiger partial charge in [0.2, 0.25) is 0 Å². The summed E-state index contributed by atoms with van der Waals surface area (Å²) in [6.07, 6.45) is 33.3. The third-order valence-electron chi connectivity index (χ3n) is 26.5. The number of benzene rings is 15. The van der Waals surface area contributed by atoms with Crippen LogP contribution in [-0.2, 0) is 38.5 Å². The van der Waals surface area contributed by atoms with Crippen molar-refractivity contribution < 1.29 is 0 Å². The van der Waals surface area contributed by atoms with E-state index in [9.17, 15) is 0 Å². The molecule has 0 fully saturated rings. The third kappa shape index (κ3) is 22.6. The molecule has 0 aliphatic carbocycles. The molecular formula is C116H142. The smallest absolute Gasteiger partial charge is 0.0171 e. The Hall–Kier alpha value is -8.58. The van der Waals surface area contributed by atoms with Crippen LogP contribution < -0.4 is 0 Å². The second kappa shape index (κ2) is 39.3. The molecule has 15 rings (SSSR count). The van der Waals surface area contributed by atoms with E-state index >= 15 is 0 Å². The first-order chi connectivity index (χ1) is 56.0. The molecule has 0 amide bonds. The number of hydrogen-bond donors (Lipinski definition) is 0. The van der Waals surface area contributed by atoms with Crippen molar-refractivity contribution >= 4 is 129 Å². The highest BCUT2D eigenvalue weighted by atomic mass is 14.2. The molecule has 0 radical (unpaired) electrons. The van der Waals surface area contributed by atoms with Gasteiger partial charge in [0.1, 0.15) is 0 Å². The molecular weight excluding hydrogens is 1390 g/mol. The van der Waals surface area contributed by atoms with E-state index in [2.05, 4.69) is 329 Å². The summed E-state index contributed by atoms with van der Waals surface area (Å²) >= 11 is 0. The zero-order valence-electron chi connectivity index (χ0n) is 74.6. The monoisotopic (exact) mass is 1540 g/mol. The molecule has 6 unspecified atom stereocenters. The molecule has 15 aromatic carbocycles. The normalized spacial score (nSPS) is 13.9. The molecule has 0 aliphatic heterocycles. The minimum atomic E-state index is 0.405. The summed E-state index contributed by atoms with van der Waals surface area (Å²) in [5, 5.41) is 32.4. The van der Waals surface area contributed by atoms with E-state index in [1.807, 2.05) is 0 Å². The highest BCUT2D eigenvalue weighted by Gasteiger charge is 2.20. The zero-order chi connectivity index (χ0) is 81.6. The second-order valence-electron chi connectivity index (χ2n) is 39.1. The third-order valence-corrected chi connectivity index (χ3v) is 26.5. The number of hydrogen-bond acceptors (Lipinski definition) is 0. The SMILES string of the molecule is CC(CCc1ccc2cc3cc4cc5ccc(CCC(C)CC(C)(C)C)cc5cc4cc3cc2c1)CC(C)(C)C.CCCCC(CC)Cc1ccc2cc3cc4cc5cc(CC(CC)CCCC)ccc5cc4cc3cc2c1.CCCCC(CC)Cc1ccc2cc3cc4cc5ccc(CC(CC)CCCC)cc5cc4cc3cc2c1. The van der Waals surface area contributed by atoms with E-state index in [1.165, 1.54) is 317 Å². The quantitative estimate of drug-likeness (QED) is 0.0369. The topological polar surface area (TPSA) is 0 Å². The molecule has 0 aliphatic rings. The molecule has 0 heteroatoms. The van der Waals surface area contributed by atoms with Crippen LogP contribution in [-0.4, -0.2) is 0 Å². The average molecular weight is 1540 g/mol. The summed E-state index contributed by atoms with van der Waals surface area (Å²) in [6.45, 7) is 37.5. The Labute approximate surface area is 700 Å². The Morgan fingerprint density at radius 2 is 0.362 bits per heavy atom. The van der Waals surface area contributed by atoms with Gasteiger partial charge in [-0.1, -0.05) is 323 Å². The molecule has 0 aromatic heterocycles. The fourth-order valence-electron chi connectivity index (χ4n) is 19.8. The number of aryl methyl sites for hydroxylation is 2. The van der Waals surface area contributed by atoms with Gasteiger partial charge in [0.25, 0.3) is 0 Å². The zero-order valence-corrected chi connectivity index (χ0v) is 74.6. The van der Waals surface area contributed by atoms with Crippen LogP contribution in [0.5, 0.6) is 0 Å². The minimum absolute atomic E-state index is 0.405. The predicted octanol–water partition coefficient (Wildman–Crippen LogP) is 35.9. The van der Waals surface area contributed by atoms with Crippen LogP contribution >= 0.6 is 0 Å². The lowest BCUT2D eigenvalue weighted by atomic mass is 9.83. The van der Waals surface area contributed by atoms with Gasteiger partial charge in [0, 0.05) is 0 Å². The summed E-state index contributed by atoms with van der Waals surface area (Å²) in [6, 6.07) is 86.0. The van der Waals surface area contributed by atoms with Gasteiger partial charge in [0.15, 0.2) is 0 Å². The van der Waals surface area contributed by atoms with Crippen LogP contribution in [0, 0.1) is 46.3 Å². The Morgan fingerprint density at radius 1 is 0.198 bits per heavy atom. The van der Waals surface area contributed by atoms with Crippen LogP contribution in [0.25, 0.3) is 129 Å². The first-order valence-electron chi connectivity index (χ1n) is 46.5. The molecule has 0 N–H and O–H groups in total. The summed E-state index contributed by atoms with van der Waals surface area (Å²) in [4.78, 5) is 0. The Bertz CT molecular complexity index is 5470. The average Bonchev–Trinajstić information content (AvgIpc) is 0.771. The van der Waals surface area contributed by atoms with Gasteiger partial charge >= 0.3 is 0 Å². The molecule has 0 heterocycles. The Balaban J connectivity index is 0.000000151. The number of fused-ring (bicyclic) bond motifs is 12. The van der Waals surface area contributed by atoms with Crippen LogP contribution in [0.3, 0.4) is 0 Å². The first kappa shape index (κ1) is 85.3. The summed E-state index contributed by atoms with van der Waals surface area (Å²) < 4.78 is 0. The number of unbranched alkanes of at least 4 members (excludes halogenated alkanes) is 4. The van der Waals surface area contributed by atoms with Crippen molar-refractivity contribution in [2.45, 2.75) is 278 Å². The maximum atomic E-state index is 2.45. The van der Waals surface area contributed by atoms with Crippen LogP contribution in [0.4, 0.5) is 0 Å². The fraction of sp³-hybridized carbons (Fsp3) is 0.431. The molecule has 0 saturated heterocycles. The van der Waals surface area contributed by atoms with Crippen LogP contribution in [0.1, 0.15) is 273 Å². The standard InChI is InChI=1S/C40H50.2C38H46/c1-27(25-39(3,4)5)9-11-29-13-15-31-19-35-23-36-20-32-16-14-30(12-10-28(2)26-40(6,7)8)18-34(32)22-38(36)24-37(35)21-33(31)17-29;1-5-9-11-27(7-3)17-29-13-15-31-21-35-26-38-24-34-20-30(18-28(8-4)12-10-6-2)14-16-32(34)22-36(38)25-37(35)23-33(31)19-29;1-5-9-11-27(7-3)17-29-13-15-31-21-35-25-36-22-32-16-14-30(18-28(8-4)12-10-6-2)20-34(32)24-38(36)26-37(35)23-33(31)19-29/h13-24,27-28H,9-12,25-26H2,1-8H3;2*13-16,19-28H,5-12,17-18H2,1-4H3. The maximum absolute atomic E-state index is 2.45. The van der Waals surface area contributed by atoms with Crippen molar-refractivity contribution in [1.82, 2.24) is 0 Å². The fourth-order valence-corrected chi connectivity index (χ4v) is 19.8. The van der Waals surface area contributed by atoms with Gasteiger partial charge in [-0.05, 0) is 382 Å². The lowest BCUT2D eigenvalue weighted by molar-refractivity contribution is 0.296. The Kier molecular flexibility index (Phi) is 28.9. The molecule has 0 spiro atoms. The molecule has 0 saturated carbocycles. The van der Waals surface area contributed by atoms with Crippen molar-refractivity contribution in [2.75, 3.05) is 0 Å². The van der Waals surface area contributed by atoms with E-state index < -0.39 is 0 Å². The lowest BCUT2D eigenvalue weighted by Gasteiger charge is -2.23. The molecule has 0 bridgehead atoms. The van der Waals surface area contributed by atoms with Crippen molar-refractivity contribution in [3.63, 3.8) is 0 Å². The van der Waals surface area contributed by atoms with E-state index in [-0.39, 0.29) is 0 Å². The van der Waals surface area contributed by atoms with Gasteiger partial charge in [-0.3, -0.25) is 0 Å². The Morgan fingerprint density at radius 3 is 0.534 bits per heavy atom. The van der Waals surface area contributed by atoms with Gasteiger partial charge in [-0.2, -0.15) is 0 Å². The van der Waals surface area contributed by atoms with Gasteiger partial charge in [0.05, 0.1) is 0 Å². The van der Waals surface area contributed by atoms with Crippen molar-refractivity contribution in [3.05, 3.63) is 252 Å². The highest BCUT2D eigenvalue weighted by molar-refractivity contribution is 6.11. The van der Waals surface area contributed by atoms with Crippen LogP contribution in [0.2, 0.25) is 0 Å². The van der Waals surface area contributed by atoms with Crippen molar-refractivity contribution in [3.8, 4) is 0 Å². The molecule has 6 atom stereocenters. The lowest BCUT2D eigenvalue weighted by Crippen LogP contribution is -2.11. The minimum Gasteiger partial charge on any atom is -0.0654 e. The molecule has 0 nitrogen and oxygen atoms in total. The van der Waals surface area contributed by atoms with Gasteiger partial charge in [-0.15, -0.1) is 0 Å². The van der Waals surface area contributed by atoms with Crippen molar-refractivity contribution in [2.24, 2.45) is 46.3 Å². The van der Waals surface area contributed by atoms with Gasteiger partial charge in [-0.25, -0.2) is 0 Å². The number of rotatable bonds is 32. The van der Waals surface area contributed by atoms with Crippen molar-refractivity contribution in [1.29, 1.82) is 0 Å². The largest absolute Gasteiger partial charge is 0.0654 e. The van der Waals surface area contributed by atoms with Gasteiger partial charge < -0.3 is 0 Å². The predicted molar refractivity (Wildman–Crippen MR) is 521 cm³/mol. The second-order valence-corrected chi connectivity index (χ2v) is 39.1. The molecule has 116 heavy (non-hydrogen) atoms. The van der Waals surface area contributed by atoms with E-state index in [0.717, 1.165) is 48.3 Å². The first-order valence-corrected chi connectivity index (χ1v) is 46.5. The molecule has 606 valence electrons. The molecule has 15 aromatic rings. The maximum Gasteiger partial charge on any atom is -0.0171 e. The van der Waals surface area contributed by atoms with E-state index in [0.29, 0.717) is 10.8 Å². The highest BCUT2D eigenvalue weighted by Crippen LogP contribution is 2.39. The summed E-state index contributed by atoms with van der Waals surface area (Å²) in [7, 11) is 0.